The maximum absolute atomic E-state index is 6.20. The van der Waals surface area contributed by atoms with E-state index in [0.717, 1.165) is 69.0 Å². The third kappa shape index (κ3) is 3.88. The van der Waals surface area contributed by atoms with Gasteiger partial charge in [0.25, 0.3) is 0 Å². The zero-order valence-corrected chi connectivity index (χ0v) is 23.8. The second-order valence-electron chi connectivity index (χ2n) is 11.7. The molecular weight excluding hydrogens is 512 g/mol. The summed E-state index contributed by atoms with van der Waals surface area (Å²) in [5.74, 6) is 1.77. The molecule has 8 rings (SSSR count). The van der Waals surface area contributed by atoms with Gasteiger partial charge in [0.15, 0.2) is 5.82 Å². The first-order chi connectivity index (χ1) is 20.6. The van der Waals surface area contributed by atoms with Gasteiger partial charge in [0.2, 0.25) is 0 Å². The van der Waals surface area contributed by atoms with Gasteiger partial charge in [-0.2, -0.15) is 0 Å². The summed E-state index contributed by atoms with van der Waals surface area (Å²) >= 11 is 0. The van der Waals surface area contributed by atoms with Crippen LogP contribution in [0.2, 0.25) is 0 Å². The molecular formula is C39H30N2O. The average Bonchev–Trinajstić information content (AvgIpc) is 3.23. The number of furan rings is 1. The van der Waals surface area contributed by atoms with Crippen LogP contribution in [0, 0.1) is 0 Å². The quantitative estimate of drug-likeness (QED) is 0.228. The Bertz CT molecular complexity index is 2050. The van der Waals surface area contributed by atoms with E-state index in [4.69, 9.17) is 14.4 Å². The molecule has 0 saturated carbocycles. The van der Waals surface area contributed by atoms with E-state index in [1.54, 1.807) is 0 Å². The summed E-state index contributed by atoms with van der Waals surface area (Å²) in [4.78, 5) is 10.5. The molecule has 0 spiro atoms. The number of para-hydroxylation sites is 1. The van der Waals surface area contributed by atoms with Gasteiger partial charge in [-0.3, -0.25) is 0 Å². The Balaban J connectivity index is 1.32. The molecule has 0 fully saturated rings. The van der Waals surface area contributed by atoms with Crippen LogP contribution in [0.1, 0.15) is 48.4 Å². The number of rotatable bonds is 3. The maximum Gasteiger partial charge on any atom is 0.160 e. The minimum Gasteiger partial charge on any atom is -0.460 e. The lowest BCUT2D eigenvalue weighted by Crippen LogP contribution is -2.19. The predicted octanol–water partition coefficient (Wildman–Crippen LogP) is 9.77. The van der Waals surface area contributed by atoms with Crippen molar-refractivity contribution in [1.29, 1.82) is 0 Å². The maximum atomic E-state index is 6.20. The third-order valence-corrected chi connectivity index (χ3v) is 8.81. The molecule has 2 aromatic heterocycles. The molecule has 3 aromatic carbocycles. The molecule has 0 unspecified atom stereocenters. The van der Waals surface area contributed by atoms with Crippen LogP contribution in [0.25, 0.3) is 50.8 Å². The van der Waals surface area contributed by atoms with Gasteiger partial charge < -0.3 is 4.42 Å². The van der Waals surface area contributed by atoms with Crippen molar-refractivity contribution in [2.45, 2.75) is 32.1 Å². The molecule has 42 heavy (non-hydrogen) atoms. The predicted molar refractivity (Wildman–Crippen MR) is 173 cm³/mol. The van der Waals surface area contributed by atoms with E-state index in [-0.39, 0.29) is 5.41 Å². The largest absolute Gasteiger partial charge is 0.460 e. The molecule has 0 bridgehead atoms. The van der Waals surface area contributed by atoms with Crippen molar-refractivity contribution in [3.05, 3.63) is 149 Å². The van der Waals surface area contributed by atoms with Crippen LogP contribution in [-0.2, 0) is 11.8 Å². The van der Waals surface area contributed by atoms with Gasteiger partial charge in [0, 0.05) is 45.0 Å². The van der Waals surface area contributed by atoms with Crippen molar-refractivity contribution in [1.82, 2.24) is 9.97 Å². The molecule has 0 amide bonds. The molecule has 2 heterocycles. The van der Waals surface area contributed by atoms with Crippen molar-refractivity contribution < 1.29 is 4.42 Å². The summed E-state index contributed by atoms with van der Waals surface area (Å²) in [6.07, 6.45) is 17.1. The second-order valence-corrected chi connectivity index (χ2v) is 11.7. The zero-order chi connectivity index (χ0) is 28.3. The lowest BCUT2D eigenvalue weighted by atomic mass is 9.78. The molecule has 0 atom stereocenters. The van der Waals surface area contributed by atoms with Crippen molar-refractivity contribution in [3.63, 3.8) is 0 Å². The smallest absolute Gasteiger partial charge is 0.160 e. The van der Waals surface area contributed by atoms with E-state index < -0.39 is 0 Å². The number of allylic oxidation sites excluding steroid dienone is 9. The highest BCUT2D eigenvalue weighted by Crippen LogP contribution is 2.51. The van der Waals surface area contributed by atoms with Crippen LogP contribution < -0.4 is 0 Å². The molecule has 0 aliphatic heterocycles. The molecule has 3 aliphatic rings. The minimum atomic E-state index is -0.198. The number of benzene rings is 3. The van der Waals surface area contributed by atoms with Crippen LogP contribution in [0.15, 0.2) is 125 Å². The highest BCUT2D eigenvalue weighted by Gasteiger charge is 2.41. The first-order valence-corrected chi connectivity index (χ1v) is 14.6. The van der Waals surface area contributed by atoms with Crippen molar-refractivity contribution in [2.24, 2.45) is 0 Å². The molecule has 5 aromatic rings. The van der Waals surface area contributed by atoms with E-state index in [1.165, 1.54) is 22.3 Å². The van der Waals surface area contributed by atoms with Gasteiger partial charge in [-0.05, 0) is 41.3 Å². The van der Waals surface area contributed by atoms with Crippen molar-refractivity contribution in [2.75, 3.05) is 0 Å². The van der Waals surface area contributed by atoms with E-state index in [1.807, 2.05) is 18.2 Å². The van der Waals surface area contributed by atoms with Gasteiger partial charge in [-0.25, -0.2) is 9.97 Å². The van der Waals surface area contributed by atoms with Crippen LogP contribution in [0.3, 0.4) is 0 Å². The summed E-state index contributed by atoms with van der Waals surface area (Å²) < 4.78 is 6.20. The fourth-order valence-corrected chi connectivity index (χ4v) is 6.71. The second kappa shape index (κ2) is 9.53. The molecule has 202 valence electrons. The summed E-state index contributed by atoms with van der Waals surface area (Å²) in [6.45, 7) is 4.64. The lowest BCUT2D eigenvalue weighted by Gasteiger charge is -2.26. The van der Waals surface area contributed by atoms with Crippen molar-refractivity contribution in [3.8, 4) is 22.6 Å². The summed E-state index contributed by atoms with van der Waals surface area (Å²) in [5.41, 5.74) is 12.2. The highest BCUT2D eigenvalue weighted by molar-refractivity contribution is 5.98. The van der Waals surface area contributed by atoms with E-state index in [2.05, 4.69) is 117 Å². The summed E-state index contributed by atoms with van der Waals surface area (Å²) in [6, 6.07) is 27.4. The van der Waals surface area contributed by atoms with Crippen LogP contribution in [0.5, 0.6) is 0 Å². The van der Waals surface area contributed by atoms with Gasteiger partial charge >= 0.3 is 0 Å². The van der Waals surface area contributed by atoms with E-state index in [9.17, 15) is 0 Å². The van der Waals surface area contributed by atoms with Gasteiger partial charge in [-0.15, -0.1) is 0 Å². The monoisotopic (exact) mass is 542 g/mol. The Morgan fingerprint density at radius 1 is 0.714 bits per heavy atom. The summed E-state index contributed by atoms with van der Waals surface area (Å²) in [5, 5.41) is 1.16. The fourth-order valence-electron chi connectivity index (χ4n) is 6.71. The zero-order valence-electron chi connectivity index (χ0n) is 23.8. The number of hydrogen-bond acceptors (Lipinski definition) is 3. The number of nitrogens with zero attached hydrogens (tertiary/aromatic N) is 2. The average molecular weight is 543 g/mol. The van der Waals surface area contributed by atoms with Crippen LogP contribution >= 0.6 is 0 Å². The van der Waals surface area contributed by atoms with Gasteiger partial charge in [0.05, 0.1) is 11.4 Å². The van der Waals surface area contributed by atoms with Gasteiger partial charge in [0.1, 0.15) is 11.3 Å². The Hall–Kier alpha value is -5.02. The molecule has 0 radical (unpaired) electrons. The van der Waals surface area contributed by atoms with E-state index in [0.29, 0.717) is 0 Å². The highest BCUT2D eigenvalue weighted by atomic mass is 16.3. The molecule has 3 nitrogen and oxygen atoms in total. The van der Waals surface area contributed by atoms with Crippen molar-refractivity contribution >= 4 is 28.2 Å². The standard InChI is InChI=1S/C39H30N2O/c1-39(2)32-20-8-4-7-19-30(32)37-35(39)36(40-38(41-37)25-13-5-3-6-14-25)28-17-11-15-26(23-28)27-16-12-22-34-31(24-27)29-18-9-10-21-33(29)42-34/h3-19,21,23-24H,20,22H2,1-2H3. The van der Waals surface area contributed by atoms with Gasteiger partial charge in [-0.1, -0.05) is 117 Å². The van der Waals surface area contributed by atoms with E-state index >= 15 is 0 Å². The fraction of sp³-hybridized carbons (Fsp3) is 0.128. The Morgan fingerprint density at radius 3 is 2.40 bits per heavy atom. The molecule has 3 aliphatic carbocycles. The van der Waals surface area contributed by atoms with Crippen LogP contribution in [-0.4, -0.2) is 9.97 Å². The first-order valence-electron chi connectivity index (χ1n) is 14.6. The topological polar surface area (TPSA) is 38.9 Å². The number of aromatic nitrogens is 2. The lowest BCUT2D eigenvalue weighted by molar-refractivity contribution is 0.564. The third-order valence-electron chi connectivity index (χ3n) is 8.81. The first kappa shape index (κ1) is 24.8. The minimum absolute atomic E-state index is 0.198. The Labute approximate surface area is 246 Å². The normalized spacial score (nSPS) is 16.6. The molecule has 0 saturated heterocycles. The molecule has 3 heteroatoms. The number of fused-ring (bicyclic) bond motifs is 5. The Kier molecular flexibility index (Phi) is 5.61. The SMILES string of the molecule is CC1(C)C2=C(C=CC=CC2)c2nc(-c3ccccc3)nc(-c3cccc(C4=Cc5c(oc6ccccc56)CC=C4)c3)c21. The van der Waals surface area contributed by atoms with Crippen LogP contribution in [0.4, 0.5) is 0 Å². The number of hydrogen-bond donors (Lipinski definition) is 0. The molecule has 0 N–H and O–H groups in total. The Morgan fingerprint density at radius 2 is 1.50 bits per heavy atom. The summed E-state index contributed by atoms with van der Waals surface area (Å²) in [7, 11) is 0.